The lowest BCUT2D eigenvalue weighted by molar-refractivity contribution is 0.571. The van der Waals surface area contributed by atoms with E-state index in [1.807, 2.05) is 13.8 Å². The van der Waals surface area contributed by atoms with Crippen LogP contribution >= 0.6 is 0 Å². The van der Waals surface area contributed by atoms with Crippen LogP contribution in [-0.2, 0) is 9.84 Å². The van der Waals surface area contributed by atoms with E-state index in [1.54, 1.807) is 29.9 Å². The number of sulfone groups is 1. The van der Waals surface area contributed by atoms with E-state index in [0.717, 1.165) is 16.9 Å². The fourth-order valence-electron chi connectivity index (χ4n) is 2.38. The zero-order valence-electron chi connectivity index (χ0n) is 13.6. The summed E-state index contributed by atoms with van der Waals surface area (Å²) in [5, 5.41) is 7.56. The highest BCUT2D eigenvalue weighted by molar-refractivity contribution is 7.91. The molecule has 1 aromatic carbocycles. The summed E-state index contributed by atoms with van der Waals surface area (Å²) in [5.74, 6) is -0.00483. The van der Waals surface area contributed by atoms with E-state index in [4.69, 9.17) is 0 Å². The summed E-state index contributed by atoms with van der Waals surface area (Å²) in [6.07, 6.45) is 1.75. The van der Waals surface area contributed by atoms with Crippen LogP contribution in [0.25, 0.3) is 5.69 Å². The van der Waals surface area contributed by atoms with Crippen molar-refractivity contribution in [3.63, 3.8) is 0 Å². The molecule has 5 nitrogen and oxygen atoms in total. The lowest BCUT2D eigenvalue weighted by Gasteiger charge is -2.14. The maximum atomic E-state index is 13.0. The van der Waals surface area contributed by atoms with E-state index < -0.39 is 9.84 Å². The highest BCUT2D eigenvalue weighted by Gasteiger charge is 2.15. The van der Waals surface area contributed by atoms with Crippen molar-refractivity contribution in [2.45, 2.75) is 26.8 Å². The van der Waals surface area contributed by atoms with Gasteiger partial charge in [0.1, 0.15) is 5.82 Å². The van der Waals surface area contributed by atoms with Gasteiger partial charge in [-0.2, -0.15) is 5.10 Å². The van der Waals surface area contributed by atoms with Gasteiger partial charge in [0.2, 0.25) is 0 Å². The van der Waals surface area contributed by atoms with Gasteiger partial charge < -0.3 is 5.32 Å². The van der Waals surface area contributed by atoms with Gasteiger partial charge in [-0.1, -0.05) is 6.92 Å². The van der Waals surface area contributed by atoms with E-state index >= 15 is 0 Å². The van der Waals surface area contributed by atoms with Crippen LogP contribution in [0, 0.1) is 12.7 Å². The third-order valence-corrected chi connectivity index (χ3v) is 5.59. The number of nitrogens with zero attached hydrogens (tertiary/aromatic N) is 2. The van der Waals surface area contributed by atoms with Gasteiger partial charge in [-0.3, -0.25) is 0 Å². The monoisotopic (exact) mass is 339 g/mol. The molecular formula is C16H22FN3O2S. The van der Waals surface area contributed by atoms with Gasteiger partial charge in [-0.05, 0) is 38.1 Å². The third-order valence-electron chi connectivity index (χ3n) is 3.89. The minimum atomic E-state index is -2.97. The second-order valence-corrected chi connectivity index (χ2v) is 7.96. The first-order valence-electron chi connectivity index (χ1n) is 7.58. The first-order chi connectivity index (χ1) is 10.8. The molecule has 0 saturated heterocycles. The van der Waals surface area contributed by atoms with Gasteiger partial charge in [0, 0.05) is 29.6 Å². The molecule has 0 fully saturated rings. The lowest BCUT2D eigenvalue weighted by atomic mass is 10.1. The van der Waals surface area contributed by atoms with Crippen molar-refractivity contribution in [1.82, 2.24) is 15.1 Å². The molecule has 0 saturated carbocycles. The summed E-state index contributed by atoms with van der Waals surface area (Å²) in [6, 6.07) is 6.12. The Morgan fingerprint density at radius 2 is 1.96 bits per heavy atom. The molecule has 1 heterocycles. The van der Waals surface area contributed by atoms with Crippen molar-refractivity contribution >= 4 is 9.84 Å². The molecule has 0 unspecified atom stereocenters. The molecule has 1 N–H and O–H groups in total. The first kappa shape index (κ1) is 17.6. The summed E-state index contributed by atoms with van der Waals surface area (Å²) in [4.78, 5) is 0. The molecule has 0 spiro atoms. The summed E-state index contributed by atoms with van der Waals surface area (Å²) in [6.45, 7) is 5.96. The van der Waals surface area contributed by atoms with Crippen molar-refractivity contribution in [3.8, 4) is 5.69 Å². The van der Waals surface area contributed by atoms with Crippen molar-refractivity contribution in [1.29, 1.82) is 0 Å². The molecule has 0 bridgehead atoms. The Balaban J connectivity index is 2.08. The standard InChI is InChI=1S/C16H22FN3O2S/c1-4-23(21,22)10-9-18-12(2)16-11-19-20(13(16)3)15-7-5-14(17)6-8-15/h5-8,11-12,18H,4,9-10H2,1-3H3/t12-/m1/s1. The van der Waals surface area contributed by atoms with Gasteiger partial charge in [-0.25, -0.2) is 17.5 Å². The summed E-state index contributed by atoms with van der Waals surface area (Å²) >= 11 is 0. The Hall–Kier alpha value is -1.73. The van der Waals surface area contributed by atoms with E-state index in [9.17, 15) is 12.8 Å². The number of halogens is 1. The minimum Gasteiger partial charge on any atom is -0.309 e. The molecule has 23 heavy (non-hydrogen) atoms. The predicted octanol–water partition coefficient (Wildman–Crippen LogP) is 2.41. The molecule has 1 atom stereocenters. The van der Waals surface area contributed by atoms with Crippen LogP contribution in [0.2, 0.25) is 0 Å². The van der Waals surface area contributed by atoms with Crippen LogP contribution in [-0.4, -0.2) is 36.2 Å². The molecular weight excluding hydrogens is 317 g/mol. The summed E-state index contributed by atoms with van der Waals surface area (Å²) < 4.78 is 37.8. The molecule has 126 valence electrons. The molecule has 1 aromatic heterocycles. The van der Waals surface area contributed by atoms with E-state index in [1.165, 1.54) is 12.1 Å². The largest absolute Gasteiger partial charge is 0.309 e. The predicted molar refractivity (Wildman–Crippen MR) is 89.0 cm³/mol. The molecule has 0 aliphatic heterocycles. The first-order valence-corrected chi connectivity index (χ1v) is 9.40. The quantitative estimate of drug-likeness (QED) is 0.841. The molecule has 7 heteroatoms. The van der Waals surface area contributed by atoms with Gasteiger partial charge in [0.25, 0.3) is 0 Å². The highest BCUT2D eigenvalue weighted by atomic mass is 32.2. The molecule has 2 rings (SSSR count). The van der Waals surface area contributed by atoms with Crippen molar-refractivity contribution in [2.24, 2.45) is 0 Å². The third kappa shape index (κ3) is 4.39. The second-order valence-electron chi connectivity index (χ2n) is 5.49. The molecule has 0 aliphatic carbocycles. The van der Waals surface area contributed by atoms with Crippen LogP contribution in [0.5, 0.6) is 0 Å². The maximum absolute atomic E-state index is 13.0. The number of nitrogens with one attached hydrogen (secondary N) is 1. The van der Waals surface area contributed by atoms with Crippen molar-refractivity contribution < 1.29 is 12.8 Å². The van der Waals surface area contributed by atoms with Gasteiger partial charge >= 0.3 is 0 Å². The minimum absolute atomic E-state index is 0.0174. The second kappa shape index (κ2) is 7.23. The zero-order valence-corrected chi connectivity index (χ0v) is 14.4. The number of benzene rings is 1. The van der Waals surface area contributed by atoms with E-state index in [0.29, 0.717) is 6.54 Å². The number of hydrogen-bond acceptors (Lipinski definition) is 4. The Kier molecular flexibility index (Phi) is 5.54. The number of aromatic nitrogens is 2. The normalized spacial score (nSPS) is 13.2. The molecule has 0 amide bonds. The number of hydrogen-bond donors (Lipinski definition) is 1. The maximum Gasteiger partial charge on any atom is 0.151 e. The van der Waals surface area contributed by atoms with Crippen LogP contribution in [0.3, 0.4) is 0 Å². The Morgan fingerprint density at radius 1 is 1.30 bits per heavy atom. The topological polar surface area (TPSA) is 64.0 Å². The fraction of sp³-hybridized carbons (Fsp3) is 0.438. The highest BCUT2D eigenvalue weighted by Crippen LogP contribution is 2.20. The average molecular weight is 339 g/mol. The van der Waals surface area contributed by atoms with E-state index in [-0.39, 0.29) is 23.4 Å². The molecule has 0 radical (unpaired) electrons. The number of rotatable bonds is 7. The Labute approximate surface area is 136 Å². The molecule has 2 aromatic rings. The van der Waals surface area contributed by atoms with Crippen LogP contribution in [0.15, 0.2) is 30.5 Å². The van der Waals surface area contributed by atoms with Crippen LogP contribution in [0.4, 0.5) is 4.39 Å². The fourth-order valence-corrected chi connectivity index (χ4v) is 3.09. The zero-order chi connectivity index (χ0) is 17.0. The van der Waals surface area contributed by atoms with Crippen LogP contribution in [0.1, 0.15) is 31.1 Å². The van der Waals surface area contributed by atoms with Gasteiger partial charge in [-0.15, -0.1) is 0 Å². The lowest BCUT2D eigenvalue weighted by Crippen LogP contribution is -2.26. The molecule has 0 aliphatic rings. The average Bonchev–Trinajstić information content (AvgIpc) is 2.89. The van der Waals surface area contributed by atoms with Crippen molar-refractivity contribution in [3.05, 3.63) is 47.5 Å². The van der Waals surface area contributed by atoms with Crippen molar-refractivity contribution in [2.75, 3.05) is 18.1 Å². The van der Waals surface area contributed by atoms with Gasteiger partial charge in [0.05, 0.1) is 17.6 Å². The summed E-state index contributed by atoms with van der Waals surface area (Å²) in [5.41, 5.74) is 2.72. The Morgan fingerprint density at radius 3 is 2.57 bits per heavy atom. The van der Waals surface area contributed by atoms with E-state index in [2.05, 4.69) is 10.4 Å². The van der Waals surface area contributed by atoms with Gasteiger partial charge in [0.15, 0.2) is 9.84 Å². The van der Waals surface area contributed by atoms with Crippen LogP contribution < -0.4 is 5.32 Å². The summed E-state index contributed by atoms with van der Waals surface area (Å²) in [7, 11) is -2.97. The smallest absolute Gasteiger partial charge is 0.151 e. The Bertz CT molecular complexity index is 754. The SMILES string of the molecule is CCS(=O)(=O)CCN[C@H](C)c1cnn(-c2ccc(F)cc2)c1C.